The van der Waals surface area contributed by atoms with Gasteiger partial charge in [-0.05, 0) is 45.6 Å². The van der Waals surface area contributed by atoms with Crippen molar-refractivity contribution in [2.75, 3.05) is 0 Å². The largest absolute Gasteiger partial charge is 0.462 e. The summed E-state index contributed by atoms with van der Waals surface area (Å²) >= 11 is 0. The first kappa shape index (κ1) is 28.8. The molecule has 2 atom stereocenters. The van der Waals surface area contributed by atoms with Crippen molar-refractivity contribution in [2.45, 2.75) is 148 Å². The summed E-state index contributed by atoms with van der Waals surface area (Å²) in [6.07, 6.45) is 13.9. The summed E-state index contributed by atoms with van der Waals surface area (Å²) in [7, 11) is 0. The standard InChI is InChI=1S/C30H51NO3/c1-7-10-11-12-13-14-15-19-22-28(32)33-27-23-29(5,6)31(30(8-2,9-3)24-27)34-25(4)26-20-17-16-18-21-26/h16-18,20-21,25,27H,7-15,19,22-24H2,1-6H3. The molecule has 0 N–H and O–H groups in total. The van der Waals surface area contributed by atoms with Crippen LogP contribution in [0.4, 0.5) is 0 Å². The lowest BCUT2D eigenvalue weighted by atomic mass is 9.75. The minimum absolute atomic E-state index is 0.0279. The van der Waals surface area contributed by atoms with Crippen molar-refractivity contribution in [3.63, 3.8) is 0 Å². The maximum atomic E-state index is 12.7. The molecule has 0 saturated carbocycles. The third-order valence-corrected chi connectivity index (χ3v) is 7.70. The van der Waals surface area contributed by atoms with Gasteiger partial charge in [0.1, 0.15) is 12.2 Å². The lowest BCUT2D eigenvalue weighted by Crippen LogP contribution is -2.64. The third-order valence-electron chi connectivity index (χ3n) is 7.70. The number of esters is 1. The van der Waals surface area contributed by atoms with Gasteiger partial charge in [-0.15, -0.1) is 0 Å². The minimum Gasteiger partial charge on any atom is -0.462 e. The molecule has 4 nitrogen and oxygen atoms in total. The molecule has 2 unspecified atom stereocenters. The van der Waals surface area contributed by atoms with Crippen molar-refractivity contribution >= 4 is 5.97 Å². The third kappa shape index (κ3) is 8.37. The Morgan fingerprint density at radius 1 is 0.941 bits per heavy atom. The Kier molecular flexibility index (Phi) is 12.1. The summed E-state index contributed by atoms with van der Waals surface area (Å²) in [6.45, 7) is 13.3. The SMILES string of the molecule is CCCCCCCCCCC(=O)OC1CC(C)(C)N(OC(C)c2ccccc2)C(CC)(CC)C1. The van der Waals surface area contributed by atoms with E-state index in [0.717, 1.165) is 38.5 Å². The highest BCUT2D eigenvalue weighted by molar-refractivity contribution is 5.69. The predicted octanol–water partition coefficient (Wildman–Crippen LogP) is 8.56. The van der Waals surface area contributed by atoms with Crippen LogP contribution in [0, 0.1) is 0 Å². The quantitative estimate of drug-likeness (QED) is 0.189. The molecule has 4 heteroatoms. The van der Waals surface area contributed by atoms with Crippen molar-refractivity contribution in [1.82, 2.24) is 5.06 Å². The van der Waals surface area contributed by atoms with E-state index >= 15 is 0 Å². The highest BCUT2D eigenvalue weighted by Crippen LogP contribution is 2.45. The van der Waals surface area contributed by atoms with Gasteiger partial charge in [0, 0.05) is 30.3 Å². The summed E-state index contributed by atoms with van der Waals surface area (Å²) in [4.78, 5) is 19.3. The second-order valence-electron chi connectivity index (χ2n) is 10.9. The summed E-state index contributed by atoms with van der Waals surface area (Å²) in [5, 5.41) is 2.25. The van der Waals surface area contributed by atoms with Crippen LogP contribution in [-0.2, 0) is 14.4 Å². The molecular weight excluding hydrogens is 422 g/mol. The number of benzene rings is 1. The Bertz CT molecular complexity index is 698. The van der Waals surface area contributed by atoms with E-state index in [-0.39, 0.29) is 29.3 Å². The second-order valence-corrected chi connectivity index (χ2v) is 10.9. The van der Waals surface area contributed by atoms with Gasteiger partial charge < -0.3 is 4.74 Å². The average Bonchev–Trinajstić information content (AvgIpc) is 2.82. The van der Waals surface area contributed by atoms with Gasteiger partial charge >= 0.3 is 5.97 Å². The van der Waals surface area contributed by atoms with Crippen LogP contribution < -0.4 is 0 Å². The topological polar surface area (TPSA) is 38.8 Å². The zero-order valence-electron chi connectivity index (χ0n) is 22.9. The predicted molar refractivity (Wildman–Crippen MR) is 142 cm³/mol. The number of hydroxylamine groups is 2. The number of unbranched alkanes of at least 4 members (excludes halogenated alkanes) is 7. The first-order chi connectivity index (χ1) is 16.3. The molecule has 1 aliphatic rings. The summed E-state index contributed by atoms with van der Waals surface area (Å²) in [6, 6.07) is 10.4. The molecule has 0 aromatic heterocycles. The van der Waals surface area contributed by atoms with E-state index in [1.54, 1.807) is 0 Å². The van der Waals surface area contributed by atoms with E-state index < -0.39 is 0 Å². The van der Waals surface area contributed by atoms with Crippen LogP contribution >= 0.6 is 0 Å². The summed E-state index contributed by atoms with van der Waals surface area (Å²) in [5.74, 6) is -0.0279. The zero-order valence-corrected chi connectivity index (χ0v) is 22.9. The van der Waals surface area contributed by atoms with E-state index in [2.05, 4.69) is 70.9 Å². The molecule has 1 heterocycles. The molecule has 0 aliphatic carbocycles. The molecule has 1 saturated heterocycles. The molecule has 1 aliphatic heterocycles. The van der Waals surface area contributed by atoms with Gasteiger partial charge in [0.25, 0.3) is 0 Å². The average molecular weight is 474 g/mol. The molecule has 194 valence electrons. The number of hydrogen-bond donors (Lipinski definition) is 0. The number of ether oxygens (including phenoxy) is 1. The van der Waals surface area contributed by atoms with E-state index in [0.29, 0.717) is 6.42 Å². The number of carbonyl (C=O) groups is 1. The van der Waals surface area contributed by atoms with Gasteiger partial charge in [-0.1, -0.05) is 96.0 Å². The molecule has 34 heavy (non-hydrogen) atoms. The van der Waals surface area contributed by atoms with E-state index in [1.807, 2.05) is 6.07 Å². The van der Waals surface area contributed by atoms with Gasteiger partial charge in [-0.3, -0.25) is 9.63 Å². The van der Waals surface area contributed by atoms with Crippen molar-refractivity contribution in [2.24, 2.45) is 0 Å². The van der Waals surface area contributed by atoms with Crippen molar-refractivity contribution in [3.05, 3.63) is 35.9 Å². The zero-order chi connectivity index (χ0) is 25.0. The first-order valence-electron chi connectivity index (χ1n) is 14.0. The molecule has 0 radical (unpaired) electrons. The lowest BCUT2D eigenvalue weighted by Gasteiger charge is -2.56. The van der Waals surface area contributed by atoms with Crippen LogP contribution in [0.3, 0.4) is 0 Å². The maximum Gasteiger partial charge on any atom is 0.306 e. The van der Waals surface area contributed by atoms with Crippen LogP contribution in [0.25, 0.3) is 0 Å². The summed E-state index contributed by atoms with van der Waals surface area (Å²) in [5.41, 5.74) is 0.809. The molecule has 1 fully saturated rings. The Balaban J connectivity index is 1.91. The highest BCUT2D eigenvalue weighted by atomic mass is 16.7. The fraction of sp³-hybridized carbons (Fsp3) is 0.767. The van der Waals surface area contributed by atoms with Gasteiger partial charge in [0.2, 0.25) is 0 Å². The molecule has 0 spiro atoms. The van der Waals surface area contributed by atoms with Crippen LogP contribution in [0.15, 0.2) is 30.3 Å². The van der Waals surface area contributed by atoms with Gasteiger partial charge in [-0.2, -0.15) is 5.06 Å². The molecule has 1 aromatic carbocycles. The monoisotopic (exact) mass is 473 g/mol. The van der Waals surface area contributed by atoms with Crippen molar-refractivity contribution < 1.29 is 14.4 Å². The number of piperidine rings is 1. The number of rotatable bonds is 15. The van der Waals surface area contributed by atoms with Crippen LogP contribution in [0.5, 0.6) is 0 Å². The number of hydrogen-bond acceptors (Lipinski definition) is 4. The highest BCUT2D eigenvalue weighted by Gasteiger charge is 2.51. The fourth-order valence-electron chi connectivity index (χ4n) is 5.62. The Morgan fingerprint density at radius 2 is 1.53 bits per heavy atom. The lowest BCUT2D eigenvalue weighted by molar-refractivity contribution is -0.323. The molecule has 0 amide bonds. The number of carbonyl (C=O) groups excluding carboxylic acids is 1. The molecule has 1 aromatic rings. The summed E-state index contributed by atoms with van der Waals surface area (Å²) < 4.78 is 6.06. The van der Waals surface area contributed by atoms with Gasteiger partial charge in [0.05, 0.1) is 0 Å². The second kappa shape index (κ2) is 14.2. The van der Waals surface area contributed by atoms with E-state index in [4.69, 9.17) is 9.57 Å². The van der Waals surface area contributed by atoms with Crippen molar-refractivity contribution in [1.29, 1.82) is 0 Å². The Morgan fingerprint density at radius 3 is 2.12 bits per heavy atom. The smallest absolute Gasteiger partial charge is 0.306 e. The van der Waals surface area contributed by atoms with E-state index in [9.17, 15) is 4.79 Å². The molecule has 2 rings (SSSR count). The Labute approximate surface area is 209 Å². The van der Waals surface area contributed by atoms with Gasteiger partial charge in [-0.25, -0.2) is 0 Å². The first-order valence-corrected chi connectivity index (χ1v) is 14.0. The maximum absolute atomic E-state index is 12.7. The Hall–Kier alpha value is -1.39. The van der Waals surface area contributed by atoms with Crippen LogP contribution in [-0.4, -0.2) is 28.2 Å². The molecular formula is C30H51NO3. The normalized spacial score (nSPS) is 20.7. The molecule has 0 bridgehead atoms. The van der Waals surface area contributed by atoms with E-state index in [1.165, 1.54) is 44.1 Å². The van der Waals surface area contributed by atoms with Crippen LogP contribution in [0.2, 0.25) is 0 Å². The van der Waals surface area contributed by atoms with Crippen LogP contribution in [0.1, 0.15) is 137 Å². The number of nitrogens with zero attached hydrogens (tertiary/aromatic N) is 1. The minimum atomic E-state index is -0.225. The van der Waals surface area contributed by atoms with Crippen molar-refractivity contribution in [3.8, 4) is 0 Å². The fourth-order valence-corrected chi connectivity index (χ4v) is 5.62. The van der Waals surface area contributed by atoms with Gasteiger partial charge in [0.15, 0.2) is 0 Å².